The predicted molar refractivity (Wildman–Crippen MR) is 99.6 cm³/mol. The van der Waals surface area contributed by atoms with Gasteiger partial charge < -0.3 is 15.4 Å². The third-order valence-corrected chi connectivity index (χ3v) is 5.41. The Morgan fingerprint density at radius 2 is 2.35 bits per heavy atom. The van der Waals surface area contributed by atoms with Crippen LogP contribution >= 0.6 is 23.1 Å². The summed E-state index contributed by atoms with van der Waals surface area (Å²) in [5.74, 6) is 2.82. The molecule has 0 saturated heterocycles. The zero-order valence-corrected chi connectivity index (χ0v) is 15.6. The van der Waals surface area contributed by atoms with Crippen LogP contribution in [0.2, 0.25) is 0 Å². The molecular weight excluding hydrogens is 328 g/mol. The second-order valence-electron chi connectivity index (χ2n) is 5.56. The number of thioether (sulfide) groups is 1. The van der Waals surface area contributed by atoms with E-state index in [0.717, 1.165) is 67.7 Å². The van der Waals surface area contributed by atoms with Gasteiger partial charge in [-0.15, -0.1) is 11.3 Å². The van der Waals surface area contributed by atoms with Gasteiger partial charge in [0.25, 0.3) is 0 Å². The number of thiazole rings is 1. The third-order valence-electron chi connectivity index (χ3n) is 3.36. The van der Waals surface area contributed by atoms with Crippen LogP contribution in [0.3, 0.4) is 0 Å². The van der Waals surface area contributed by atoms with Crippen LogP contribution in [0.5, 0.6) is 0 Å². The van der Waals surface area contributed by atoms with E-state index in [0.29, 0.717) is 0 Å². The minimum Gasteiger partial charge on any atom is -0.381 e. The van der Waals surface area contributed by atoms with E-state index in [2.05, 4.69) is 27.5 Å². The van der Waals surface area contributed by atoms with Crippen molar-refractivity contribution >= 4 is 29.1 Å². The number of rotatable bonds is 12. The summed E-state index contributed by atoms with van der Waals surface area (Å²) in [4.78, 5) is 8.88. The van der Waals surface area contributed by atoms with Crippen LogP contribution in [0.4, 0.5) is 0 Å². The minimum atomic E-state index is 0.839. The van der Waals surface area contributed by atoms with Crippen molar-refractivity contribution in [2.45, 2.75) is 36.9 Å². The fraction of sp³-hybridized carbons (Fsp3) is 0.750. The predicted octanol–water partition coefficient (Wildman–Crippen LogP) is 3.00. The van der Waals surface area contributed by atoms with Crippen molar-refractivity contribution in [3.05, 3.63) is 11.6 Å². The number of hydrogen-bond acceptors (Lipinski definition) is 5. The number of nitrogens with one attached hydrogen (secondary N) is 2. The molecule has 0 aromatic carbocycles. The van der Waals surface area contributed by atoms with E-state index in [1.165, 1.54) is 12.8 Å². The number of hydrogen-bond donors (Lipinski definition) is 2. The van der Waals surface area contributed by atoms with E-state index < -0.39 is 0 Å². The maximum Gasteiger partial charge on any atom is 0.191 e. The van der Waals surface area contributed by atoms with Crippen molar-refractivity contribution in [1.82, 2.24) is 15.6 Å². The van der Waals surface area contributed by atoms with E-state index in [-0.39, 0.29) is 0 Å². The van der Waals surface area contributed by atoms with Gasteiger partial charge in [-0.05, 0) is 38.5 Å². The summed E-state index contributed by atoms with van der Waals surface area (Å²) in [5, 5.41) is 8.67. The summed E-state index contributed by atoms with van der Waals surface area (Å²) in [6.45, 7) is 6.51. The average Bonchev–Trinajstić information content (AvgIpc) is 3.23. The zero-order chi connectivity index (χ0) is 16.2. The lowest BCUT2D eigenvalue weighted by molar-refractivity contribution is 0.123. The Bertz CT molecular complexity index is 435. The highest BCUT2D eigenvalue weighted by Gasteiger charge is 2.20. The van der Waals surface area contributed by atoms with Crippen molar-refractivity contribution < 1.29 is 4.74 Å². The molecule has 0 radical (unpaired) electrons. The molecule has 1 heterocycles. The summed E-state index contributed by atoms with van der Waals surface area (Å²) in [7, 11) is 0. The van der Waals surface area contributed by atoms with Gasteiger partial charge in [-0.1, -0.05) is 11.8 Å². The highest BCUT2D eigenvalue weighted by molar-refractivity contribution is 8.00. The van der Waals surface area contributed by atoms with Gasteiger partial charge in [0.1, 0.15) is 4.34 Å². The minimum absolute atomic E-state index is 0.839. The lowest BCUT2D eigenvalue weighted by Crippen LogP contribution is -2.38. The lowest BCUT2D eigenvalue weighted by Gasteiger charge is -2.11. The molecule has 0 spiro atoms. The van der Waals surface area contributed by atoms with Crippen molar-refractivity contribution in [3.8, 4) is 0 Å². The van der Waals surface area contributed by atoms with Crippen molar-refractivity contribution in [1.29, 1.82) is 0 Å². The van der Waals surface area contributed by atoms with Gasteiger partial charge in [0.05, 0.1) is 0 Å². The maximum atomic E-state index is 5.64. The molecule has 0 atom stereocenters. The van der Waals surface area contributed by atoms with Crippen LogP contribution in [0.15, 0.2) is 20.9 Å². The molecule has 0 bridgehead atoms. The molecule has 0 aliphatic heterocycles. The number of aromatic nitrogens is 1. The van der Waals surface area contributed by atoms with Crippen LogP contribution in [-0.4, -0.2) is 49.5 Å². The number of aliphatic imine (C=N–C) groups is 1. The smallest absolute Gasteiger partial charge is 0.191 e. The number of nitrogens with zero attached hydrogens (tertiary/aromatic N) is 2. The topological polar surface area (TPSA) is 58.5 Å². The summed E-state index contributed by atoms with van der Waals surface area (Å²) in [6, 6.07) is 0. The van der Waals surface area contributed by atoms with Crippen LogP contribution in [0.1, 0.15) is 32.6 Å². The maximum absolute atomic E-state index is 5.64. The lowest BCUT2D eigenvalue weighted by atomic mass is 10.4. The van der Waals surface area contributed by atoms with Gasteiger partial charge in [-0.25, -0.2) is 4.98 Å². The standard InChI is InChI=1S/C16H28N4OS2/c1-2-17-15(18-7-3-10-21-13-14-5-6-14)19-8-4-11-22-16-20-9-12-23-16/h9,12,14H,2-8,10-11,13H2,1H3,(H2,17,18,19). The van der Waals surface area contributed by atoms with Gasteiger partial charge in [0.15, 0.2) is 5.96 Å². The van der Waals surface area contributed by atoms with Gasteiger partial charge in [0.2, 0.25) is 0 Å². The Kier molecular flexibility index (Phi) is 9.44. The summed E-state index contributed by atoms with van der Waals surface area (Å²) in [6.07, 6.45) is 6.65. The highest BCUT2D eigenvalue weighted by Crippen LogP contribution is 2.28. The molecule has 1 aromatic rings. The first-order valence-electron chi connectivity index (χ1n) is 8.50. The SMILES string of the molecule is CCNC(=NCCCSc1nccs1)NCCCOCC1CC1. The molecule has 1 aliphatic rings. The van der Waals surface area contributed by atoms with Crippen molar-refractivity contribution in [3.63, 3.8) is 0 Å². The molecular formula is C16H28N4OS2. The Morgan fingerprint density at radius 1 is 1.43 bits per heavy atom. The van der Waals surface area contributed by atoms with E-state index in [4.69, 9.17) is 4.74 Å². The second-order valence-corrected chi connectivity index (χ2v) is 7.80. The molecule has 5 nitrogen and oxygen atoms in total. The summed E-state index contributed by atoms with van der Waals surface area (Å²) in [5.41, 5.74) is 0. The van der Waals surface area contributed by atoms with Crippen LogP contribution in [-0.2, 0) is 4.74 Å². The fourth-order valence-electron chi connectivity index (χ4n) is 1.95. The fourth-order valence-corrected chi connectivity index (χ4v) is 3.59. The monoisotopic (exact) mass is 356 g/mol. The summed E-state index contributed by atoms with van der Waals surface area (Å²) < 4.78 is 6.78. The largest absolute Gasteiger partial charge is 0.381 e. The molecule has 1 aromatic heterocycles. The van der Waals surface area contributed by atoms with Gasteiger partial charge >= 0.3 is 0 Å². The Labute approximate surface area is 147 Å². The summed E-state index contributed by atoms with van der Waals surface area (Å²) >= 11 is 3.51. The van der Waals surface area contributed by atoms with Crippen LogP contribution < -0.4 is 10.6 Å². The molecule has 1 aliphatic carbocycles. The van der Waals surface area contributed by atoms with Gasteiger partial charge in [-0.3, -0.25) is 4.99 Å². The first-order chi connectivity index (χ1) is 11.4. The molecule has 1 saturated carbocycles. The molecule has 2 N–H and O–H groups in total. The molecule has 0 amide bonds. The van der Waals surface area contributed by atoms with Crippen molar-refractivity contribution in [2.24, 2.45) is 10.9 Å². The molecule has 1 fully saturated rings. The molecule has 0 unspecified atom stereocenters. The van der Waals surface area contributed by atoms with E-state index in [1.807, 2.05) is 23.3 Å². The number of ether oxygens (including phenoxy) is 1. The Hall–Kier alpha value is -0.790. The van der Waals surface area contributed by atoms with Crippen molar-refractivity contribution in [2.75, 3.05) is 38.6 Å². The Balaban J connectivity index is 1.50. The zero-order valence-electron chi connectivity index (χ0n) is 13.9. The third kappa shape index (κ3) is 9.17. The molecule has 23 heavy (non-hydrogen) atoms. The van der Waals surface area contributed by atoms with Crippen LogP contribution in [0.25, 0.3) is 0 Å². The molecule has 7 heteroatoms. The van der Waals surface area contributed by atoms with E-state index >= 15 is 0 Å². The normalized spacial score (nSPS) is 14.9. The van der Waals surface area contributed by atoms with E-state index in [9.17, 15) is 0 Å². The Morgan fingerprint density at radius 3 is 3.09 bits per heavy atom. The second kappa shape index (κ2) is 11.7. The quantitative estimate of drug-likeness (QED) is 0.261. The highest BCUT2D eigenvalue weighted by atomic mass is 32.2. The number of guanidine groups is 1. The van der Waals surface area contributed by atoms with Crippen LogP contribution in [0, 0.1) is 5.92 Å². The first kappa shape index (κ1) is 18.5. The average molecular weight is 357 g/mol. The molecule has 130 valence electrons. The van der Waals surface area contributed by atoms with Gasteiger partial charge in [0, 0.05) is 50.2 Å². The molecule has 2 rings (SSSR count). The van der Waals surface area contributed by atoms with Gasteiger partial charge in [-0.2, -0.15) is 0 Å². The first-order valence-corrected chi connectivity index (χ1v) is 10.4. The van der Waals surface area contributed by atoms with E-state index in [1.54, 1.807) is 11.3 Å².